The van der Waals surface area contributed by atoms with Crippen LogP contribution in [0.5, 0.6) is 0 Å². The molecule has 0 amide bonds. The predicted octanol–water partition coefficient (Wildman–Crippen LogP) is 5.38. The van der Waals surface area contributed by atoms with Crippen molar-refractivity contribution in [2.75, 3.05) is 0 Å². The van der Waals surface area contributed by atoms with Crippen LogP contribution in [0, 0.1) is 11.8 Å². The summed E-state index contributed by atoms with van der Waals surface area (Å²) in [5.41, 5.74) is 0. The van der Waals surface area contributed by atoms with Crippen LogP contribution in [0.15, 0.2) is 12.3 Å². The number of rotatable bonds is 11. The summed E-state index contributed by atoms with van der Waals surface area (Å²) in [4.78, 5) is 10.5. The van der Waals surface area contributed by atoms with E-state index in [1.54, 1.807) is 0 Å². The summed E-state index contributed by atoms with van der Waals surface area (Å²) in [5, 5.41) is 0. The first-order chi connectivity index (χ1) is 9.77. The number of unbranched alkanes of at least 4 members (excludes halogenated alkanes) is 9. The Labute approximate surface area is 125 Å². The second kappa shape index (κ2) is 15.8. The fraction of sp³-hybridized carbons (Fsp3) is 0.722. The zero-order valence-corrected chi connectivity index (χ0v) is 13.2. The lowest BCUT2D eigenvalue weighted by molar-refractivity contribution is -0.135. The van der Waals surface area contributed by atoms with Crippen molar-refractivity contribution in [3.05, 3.63) is 12.3 Å². The van der Waals surface area contributed by atoms with Gasteiger partial charge in [-0.25, -0.2) is 0 Å². The Kier molecular flexibility index (Phi) is 14.9. The van der Waals surface area contributed by atoms with Gasteiger partial charge in [-0.15, -0.1) is 11.8 Å². The highest BCUT2D eigenvalue weighted by atomic mass is 16.5. The number of esters is 1. The van der Waals surface area contributed by atoms with Crippen molar-refractivity contribution < 1.29 is 9.53 Å². The molecule has 0 atom stereocenters. The molecule has 0 aromatic carbocycles. The Morgan fingerprint density at radius 2 is 1.55 bits per heavy atom. The minimum atomic E-state index is -0.251. The number of hydrogen-bond donors (Lipinski definition) is 0. The first-order valence-corrected chi connectivity index (χ1v) is 8.05. The third kappa shape index (κ3) is 16.8. The number of hydrogen-bond acceptors (Lipinski definition) is 2. The lowest BCUT2D eigenvalue weighted by Gasteiger charge is -1.98. The maximum absolute atomic E-state index is 10.5. The average Bonchev–Trinajstić information content (AvgIpc) is 2.43. The molecular weight excluding hydrogens is 248 g/mol. The van der Waals surface area contributed by atoms with Crippen LogP contribution in [0.25, 0.3) is 0 Å². The van der Waals surface area contributed by atoms with Gasteiger partial charge in [-0.2, -0.15) is 0 Å². The molecule has 0 fully saturated rings. The SMILES string of the molecule is CCCCC#CCCCCCCCC/C=C/OC(C)=O. The van der Waals surface area contributed by atoms with Gasteiger partial charge in [0.25, 0.3) is 0 Å². The Balaban J connectivity index is 3.14. The van der Waals surface area contributed by atoms with Crippen molar-refractivity contribution >= 4 is 5.97 Å². The zero-order valence-electron chi connectivity index (χ0n) is 13.2. The molecule has 0 saturated carbocycles. The molecule has 0 bridgehead atoms. The quantitative estimate of drug-likeness (QED) is 0.219. The van der Waals surface area contributed by atoms with Crippen LogP contribution in [0.2, 0.25) is 0 Å². The van der Waals surface area contributed by atoms with E-state index in [0.29, 0.717) is 0 Å². The van der Waals surface area contributed by atoms with E-state index in [0.717, 1.165) is 19.3 Å². The molecule has 0 saturated heterocycles. The summed E-state index contributed by atoms with van der Waals surface area (Å²) in [7, 11) is 0. The first kappa shape index (κ1) is 18.8. The second-order valence-corrected chi connectivity index (χ2v) is 5.10. The van der Waals surface area contributed by atoms with E-state index in [1.807, 2.05) is 6.08 Å². The summed E-state index contributed by atoms with van der Waals surface area (Å²) in [5.74, 6) is 6.23. The van der Waals surface area contributed by atoms with Gasteiger partial charge < -0.3 is 4.74 Å². The zero-order chi connectivity index (χ0) is 14.9. The summed E-state index contributed by atoms with van der Waals surface area (Å²) in [6, 6.07) is 0. The molecule has 0 unspecified atom stereocenters. The Morgan fingerprint density at radius 1 is 0.950 bits per heavy atom. The molecule has 0 aromatic heterocycles. The number of carbonyl (C=O) groups excluding carboxylic acids is 1. The van der Waals surface area contributed by atoms with Gasteiger partial charge in [0.15, 0.2) is 0 Å². The van der Waals surface area contributed by atoms with Gasteiger partial charge in [0.2, 0.25) is 0 Å². The van der Waals surface area contributed by atoms with Crippen LogP contribution in [0.1, 0.15) is 84.5 Å². The smallest absolute Gasteiger partial charge is 0.307 e. The fourth-order valence-corrected chi connectivity index (χ4v) is 1.84. The molecule has 0 heterocycles. The molecular formula is C18H30O2. The molecule has 20 heavy (non-hydrogen) atoms. The molecule has 0 aliphatic carbocycles. The van der Waals surface area contributed by atoms with Gasteiger partial charge in [-0.1, -0.05) is 39.0 Å². The van der Waals surface area contributed by atoms with Crippen molar-refractivity contribution in [3.8, 4) is 11.8 Å². The largest absolute Gasteiger partial charge is 0.435 e. The van der Waals surface area contributed by atoms with Gasteiger partial charge in [-0.05, 0) is 31.8 Å². The van der Waals surface area contributed by atoms with E-state index in [1.165, 1.54) is 64.6 Å². The molecule has 0 aliphatic rings. The highest BCUT2D eigenvalue weighted by molar-refractivity contribution is 5.66. The maximum Gasteiger partial charge on any atom is 0.307 e. The van der Waals surface area contributed by atoms with Crippen molar-refractivity contribution in [2.24, 2.45) is 0 Å². The lowest BCUT2D eigenvalue weighted by atomic mass is 10.1. The molecule has 0 aliphatic heterocycles. The van der Waals surface area contributed by atoms with Gasteiger partial charge >= 0.3 is 5.97 Å². The van der Waals surface area contributed by atoms with E-state index in [4.69, 9.17) is 4.74 Å². The molecule has 114 valence electrons. The third-order valence-electron chi connectivity index (χ3n) is 3.03. The maximum atomic E-state index is 10.5. The molecule has 0 N–H and O–H groups in total. The second-order valence-electron chi connectivity index (χ2n) is 5.10. The monoisotopic (exact) mass is 278 g/mol. The topological polar surface area (TPSA) is 26.3 Å². The van der Waals surface area contributed by atoms with Gasteiger partial charge in [0, 0.05) is 19.8 Å². The number of ether oxygens (including phenoxy) is 1. The summed E-state index contributed by atoms with van der Waals surface area (Å²) < 4.78 is 4.72. The van der Waals surface area contributed by atoms with Gasteiger partial charge in [-0.3, -0.25) is 4.79 Å². The Hall–Kier alpha value is -1.23. The van der Waals surface area contributed by atoms with E-state index in [9.17, 15) is 4.79 Å². The van der Waals surface area contributed by atoms with Crippen molar-refractivity contribution in [1.29, 1.82) is 0 Å². The number of allylic oxidation sites excluding steroid dienone is 1. The van der Waals surface area contributed by atoms with Crippen LogP contribution < -0.4 is 0 Å². The predicted molar refractivity (Wildman–Crippen MR) is 85.1 cm³/mol. The van der Waals surface area contributed by atoms with E-state index in [-0.39, 0.29) is 5.97 Å². The van der Waals surface area contributed by atoms with Crippen molar-refractivity contribution in [1.82, 2.24) is 0 Å². The van der Waals surface area contributed by atoms with E-state index < -0.39 is 0 Å². The van der Waals surface area contributed by atoms with Gasteiger partial charge in [0.1, 0.15) is 0 Å². The van der Waals surface area contributed by atoms with E-state index in [2.05, 4.69) is 18.8 Å². The summed E-state index contributed by atoms with van der Waals surface area (Å²) in [6.07, 6.45) is 16.6. The molecule has 2 nitrogen and oxygen atoms in total. The van der Waals surface area contributed by atoms with E-state index >= 15 is 0 Å². The van der Waals surface area contributed by atoms with Gasteiger partial charge in [0.05, 0.1) is 6.26 Å². The highest BCUT2D eigenvalue weighted by Crippen LogP contribution is 2.08. The first-order valence-electron chi connectivity index (χ1n) is 8.05. The van der Waals surface area contributed by atoms with Crippen LogP contribution >= 0.6 is 0 Å². The van der Waals surface area contributed by atoms with Crippen LogP contribution in [-0.4, -0.2) is 5.97 Å². The standard InChI is InChI=1S/C18H30O2/c1-3-4-5-6-7-8-9-10-11-12-13-14-15-16-17-20-18(2)19/h16-17H,3-5,8-15H2,1-2H3/b17-16+. The van der Waals surface area contributed by atoms with Crippen molar-refractivity contribution in [3.63, 3.8) is 0 Å². The minimum absolute atomic E-state index is 0.251. The van der Waals surface area contributed by atoms with Crippen molar-refractivity contribution in [2.45, 2.75) is 84.5 Å². The molecule has 0 aromatic rings. The Bertz CT molecular complexity index is 307. The van der Waals surface area contributed by atoms with Crippen LogP contribution in [0.3, 0.4) is 0 Å². The third-order valence-corrected chi connectivity index (χ3v) is 3.03. The molecule has 2 heteroatoms. The summed E-state index contributed by atoms with van der Waals surface area (Å²) >= 11 is 0. The molecule has 0 radical (unpaired) electrons. The number of carbonyl (C=O) groups is 1. The molecule has 0 rings (SSSR count). The van der Waals surface area contributed by atoms with Crippen LogP contribution in [0.4, 0.5) is 0 Å². The average molecular weight is 278 g/mol. The normalized spacial score (nSPS) is 10.3. The lowest BCUT2D eigenvalue weighted by Crippen LogP contribution is -1.89. The summed E-state index contributed by atoms with van der Waals surface area (Å²) in [6.45, 7) is 3.62. The molecule has 0 spiro atoms. The fourth-order valence-electron chi connectivity index (χ4n) is 1.84. The van der Waals surface area contributed by atoms with Crippen LogP contribution in [-0.2, 0) is 9.53 Å². The Morgan fingerprint density at radius 3 is 2.20 bits per heavy atom. The minimum Gasteiger partial charge on any atom is -0.435 e. The highest BCUT2D eigenvalue weighted by Gasteiger charge is 1.90.